The Hall–Kier alpha value is -2.37. The lowest BCUT2D eigenvalue weighted by Crippen LogP contribution is -2.07. The quantitative estimate of drug-likeness (QED) is 0.824. The van der Waals surface area contributed by atoms with Crippen LogP contribution in [0.15, 0.2) is 18.2 Å². The molecule has 100 valence electrons. The molecule has 0 aliphatic rings. The number of aromatic nitrogens is 3. The lowest BCUT2D eigenvalue weighted by Gasteiger charge is -2.11. The molecule has 6 heteroatoms. The number of nitrogen functional groups attached to an aromatic ring is 1. The molecule has 0 aliphatic heterocycles. The lowest BCUT2D eigenvalue weighted by molar-refractivity contribution is 0.0691. The van der Waals surface area contributed by atoms with E-state index in [0.717, 1.165) is 5.56 Å². The fourth-order valence-electron chi connectivity index (χ4n) is 1.86. The zero-order chi connectivity index (χ0) is 14.2. The first-order chi connectivity index (χ1) is 8.91. The van der Waals surface area contributed by atoms with Gasteiger partial charge >= 0.3 is 5.97 Å². The standard InChI is InChI=1S/C13H16N4O2/c1-7(2)17-12(11(13(18)19)15-16-17)9-5-4-8(3)10(14)6-9/h4-7H,14H2,1-3H3,(H,18,19). The number of nitrogens with zero attached hydrogens (tertiary/aromatic N) is 3. The largest absolute Gasteiger partial charge is 0.476 e. The van der Waals surface area contributed by atoms with Gasteiger partial charge in [0.25, 0.3) is 0 Å². The fraction of sp³-hybridized carbons (Fsp3) is 0.308. The van der Waals surface area contributed by atoms with Crippen LogP contribution < -0.4 is 5.73 Å². The number of rotatable bonds is 3. The van der Waals surface area contributed by atoms with Crippen molar-refractivity contribution in [1.82, 2.24) is 15.0 Å². The van der Waals surface area contributed by atoms with Crippen molar-refractivity contribution >= 4 is 11.7 Å². The lowest BCUT2D eigenvalue weighted by atomic mass is 10.1. The molecule has 3 N–H and O–H groups in total. The summed E-state index contributed by atoms with van der Waals surface area (Å²) in [6.07, 6.45) is 0. The van der Waals surface area contributed by atoms with Crippen molar-refractivity contribution in [3.05, 3.63) is 29.5 Å². The third-order valence-electron chi connectivity index (χ3n) is 2.94. The molecule has 2 aromatic rings. The highest BCUT2D eigenvalue weighted by Gasteiger charge is 2.22. The second-order valence-electron chi connectivity index (χ2n) is 4.70. The average Bonchev–Trinajstić information content (AvgIpc) is 2.77. The zero-order valence-electron chi connectivity index (χ0n) is 11.1. The molecule has 0 atom stereocenters. The molecule has 0 aliphatic carbocycles. The monoisotopic (exact) mass is 260 g/mol. The van der Waals surface area contributed by atoms with Gasteiger partial charge in [-0.2, -0.15) is 0 Å². The van der Waals surface area contributed by atoms with Crippen LogP contribution in [0.4, 0.5) is 5.69 Å². The third kappa shape index (κ3) is 2.29. The molecule has 1 heterocycles. The number of aryl methyl sites for hydroxylation is 1. The second kappa shape index (κ2) is 4.72. The number of hydrogen-bond acceptors (Lipinski definition) is 4. The van der Waals surface area contributed by atoms with Crippen LogP contribution in [0.3, 0.4) is 0 Å². The first-order valence-corrected chi connectivity index (χ1v) is 5.96. The third-order valence-corrected chi connectivity index (χ3v) is 2.94. The number of nitrogens with two attached hydrogens (primary N) is 1. The minimum absolute atomic E-state index is 0.0122. The van der Waals surface area contributed by atoms with Gasteiger partial charge in [-0.25, -0.2) is 9.48 Å². The van der Waals surface area contributed by atoms with Crippen molar-refractivity contribution in [3.63, 3.8) is 0 Å². The van der Waals surface area contributed by atoms with Gasteiger partial charge in [0.15, 0.2) is 5.69 Å². The van der Waals surface area contributed by atoms with Gasteiger partial charge in [-0.1, -0.05) is 17.3 Å². The Kier molecular flexibility index (Phi) is 3.25. The minimum Gasteiger partial charge on any atom is -0.476 e. The van der Waals surface area contributed by atoms with E-state index < -0.39 is 5.97 Å². The maximum atomic E-state index is 11.2. The SMILES string of the molecule is Cc1ccc(-c2c(C(=O)O)nnn2C(C)C)cc1N. The molecular formula is C13H16N4O2. The van der Waals surface area contributed by atoms with Crippen molar-refractivity contribution in [2.75, 3.05) is 5.73 Å². The van der Waals surface area contributed by atoms with E-state index >= 15 is 0 Å². The molecular weight excluding hydrogens is 244 g/mol. The van der Waals surface area contributed by atoms with Crippen molar-refractivity contribution in [2.24, 2.45) is 0 Å². The molecule has 6 nitrogen and oxygen atoms in total. The Morgan fingerprint density at radius 2 is 2.11 bits per heavy atom. The number of carbonyl (C=O) groups is 1. The Balaban J connectivity index is 2.67. The molecule has 0 saturated carbocycles. The summed E-state index contributed by atoms with van der Waals surface area (Å²) < 4.78 is 1.59. The van der Waals surface area contributed by atoms with E-state index in [2.05, 4.69) is 10.3 Å². The summed E-state index contributed by atoms with van der Waals surface area (Å²) >= 11 is 0. The van der Waals surface area contributed by atoms with Crippen molar-refractivity contribution in [2.45, 2.75) is 26.8 Å². The number of carboxylic acid groups (broad SMARTS) is 1. The summed E-state index contributed by atoms with van der Waals surface area (Å²) in [5, 5.41) is 16.8. The summed E-state index contributed by atoms with van der Waals surface area (Å²) in [6.45, 7) is 5.73. The highest BCUT2D eigenvalue weighted by atomic mass is 16.4. The number of carboxylic acids is 1. The predicted molar refractivity (Wildman–Crippen MR) is 72.0 cm³/mol. The van der Waals surface area contributed by atoms with Crippen LogP contribution >= 0.6 is 0 Å². The van der Waals surface area contributed by atoms with E-state index in [9.17, 15) is 9.90 Å². The van der Waals surface area contributed by atoms with Crippen LogP contribution in [0, 0.1) is 6.92 Å². The average molecular weight is 260 g/mol. The summed E-state index contributed by atoms with van der Waals surface area (Å²) in [5.41, 5.74) is 8.58. The van der Waals surface area contributed by atoms with Crippen LogP contribution in [-0.2, 0) is 0 Å². The van der Waals surface area contributed by atoms with Crippen molar-refractivity contribution in [1.29, 1.82) is 0 Å². The predicted octanol–water partition coefficient (Wildman–Crippen LogP) is 2.11. The maximum Gasteiger partial charge on any atom is 0.358 e. The van der Waals surface area contributed by atoms with Crippen LogP contribution in [0.2, 0.25) is 0 Å². The zero-order valence-corrected chi connectivity index (χ0v) is 11.1. The Bertz CT molecular complexity index is 632. The Labute approximate surface area is 110 Å². The summed E-state index contributed by atoms with van der Waals surface area (Å²) in [4.78, 5) is 11.2. The molecule has 0 bridgehead atoms. The van der Waals surface area contributed by atoms with E-state index in [1.807, 2.05) is 32.9 Å². The second-order valence-corrected chi connectivity index (χ2v) is 4.70. The number of aromatic carboxylic acids is 1. The van der Waals surface area contributed by atoms with E-state index in [0.29, 0.717) is 16.9 Å². The molecule has 0 unspecified atom stereocenters. The number of hydrogen-bond donors (Lipinski definition) is 2. The van der Waals surface area contributed by atoms with E-state index in [1.165, 1.54) is 0 Å². The smallest absolute Gasteiger partial charge is 0.358 e. The molecule has 2 rings (SSSR count). The van der Waals surface area contributed by atoms with Gasteiger partial charge < -0.3 is 10.8 Å². The first kappa shape index (κ1) is 13.1. The summed E-state index contributed by atoms with van der Waals surface area (Å²) in [7, 11) is 0. The maximum absolute atomic E-state index is 11.2. The van der Waals surface area contributed by atoms with Gasteiger partial charge in [-0.05, 0) is 32.4 Å². The van der Waals surface area contributed by atoms with Crippen LogP contribution in [-0.4, -0.2) is 26.1 Å². The van der Waals surface area contributed by atoms with E-state index in [-0.39, 0.29) is 11.7 Å². The van der Waals surface area contributed by atoms with Crippen LogP contribution in [0.1, 0.15) is 35.9 Å². The molecule has 0 fully saturated rings. The topological polar surface area (TPSA) is 94.0 Å². The fourth-order valence-corrected chi connectivity index (χ4v) is 1.86. The minimum atomic E-state index is -1.10. The Morgan fingerprint density at radius 3 is 2.63 bits per heavy atom. The molecule has 0 saturated heterocycles. The number of anilines is 1. The summed E-state index contributed by atoms with van der Waals surface area (Å²) in [5.74, 6) is -1.10. The molecule has 1 aromatic carbocycles. The first-order valence-electron chi connectivity index (χ1n) is 5.96. The van der Waals surface area contributed by atoms with Gasteiger partial charge in [0.2, 0.25) is 0 Å². The van der Waals surface area contributed by atoms with Crippen molar-refractivity contribution < 1.29 is 9.90 Å². The van der Waals surface area contributed by atoms with E-state index in [4.69, 9.17) is 5.73 Å². The molecule has 1 aromatic heterocycles. The Morgan fingerprint density at radius 1 is 1.42 bits per heavy atom. The molecule has 0 radical (unpaired) electrons. The highest BCUT2D eigenvalue weighted by molar-refractivity contribution is 5.93. The number of benzene rings is 1. The van der Waals surface area contributed by atoms with Gasteiger partial charge in [0.1, 0.15) is 5.69 Å². The van der Waals surface area contributed by atoms with Gasteiger partial charge in [0, 0.05) is 17.3 Å². The van der Waals surface area contributed by atoms with Crippen LogP contribution in [0.5, 0.6) is 0 Å². The van der Waals surface area contributed by atoms with Crippen molar-refractivity contribution in [3.8, 4) is 11.3 Å². The van der Waals surface area contributed by atoms with Gasteiger partial charge in [-0.3, -0.25) is 0 Å². The van der Waals surface area contributed by atoms with Gasteiger partial charge in [0.05, 0.1) is 0 Å². The molecule has 0 amide bonds. The molecule has 0 spiro atoms. The summed E-state index contributed by atoms with van der Waals surface area (Å²) in [6, 6.07) is 5.45. The van der Waals surface area contributed by atoms with E-state index in [1.54, 1.807) is 10.7 Å². The van der Waals surface area contributed by atoms with Gasteiger partial charge in [-0.15, -0.1) is 5.10 Å². The highest BCUT2D eigenvalue weighted by Crippen LogP contribution is 2.27. The van der Waals surface area contributed by atoms with Crippen LogP contribution in [0.25, 0.3) is 11.3 Å². The normalized spacial score (nSPS) is 10.9. The molecule has 19 heavy (non-hydrogen) atoms.